The summed E-state index contributed by atoms with van der Waals surface area (Å²) in [7, 11) is 0. The van der Waals surface area contributed by atoms with E-state index in [1.165, 1.54) is 22.3 Å². The summed E-state index contributed by atoms with van der Waals surface area (Å²) in [5, 5.41) is 1.14. The van der Waals surface area contributed by atoms with Crippen molar-refractivity contribution in [1.82, 2.24) is 15.0 Å². The van der Waals surface area contributed by atoms with E-state index in [2.05, 4.69) is 87.7 Å². The molecule has 0 spiro atoms. The quantitative estimate of drug-likeness (QED) is 0.312. The molecule has 0 unspecified atom stereocenters. The van der Waals surface area contributed by atoms with Gasteiger partial charge in [-0.1, -0.05) is 42.5 Å². The molecule has 3 aromatic heterocycles. The summed E-state index contributed by atoms with van der Waals surface area (Å²) in [6.07, 6.45) is 9.32. The van der Waals surface area contributed by atoms with Crippen LogP contribution >= 0.6 is 0 Å². The average molecular weight is 409 g/mol. The lowest BCUT2D eigenvalue weighted by Gasteiger charge is -2.02. The van der Waals surface area contributed by atoms with E-state index in [1.807, 2.05) is 43.1 Å². The molecule has 2 aliphatic rings. The summed E-state index contributed by atoms with van der Waals surface area (Å²) < 4.78 is 0. The molecule has 1 aromatic carbocycles. The van der Waals surface area contributed by atoms with E-state index in [-0.39, 0.29) is 0 Å². The van der Waals surface area contributed by atoms with E-state index in [9.17, 15) is 0 Å². The van der Waals surface area contributed by atoms with Gasteiger partial charge in [0.25, 0.3) is 0 Å². The standard InChI is InChI=1S/C29H19N3/c1-2-4-29-23(3-1)17-24(19-32-29)20-5-7-25-26(8-6-20)28(22-11-15-31-16-12-22)18-27(25)21-9-13-30-14-10-21/h1-19H. The van der Waals surface area contributed by atoms with Gasteiger partial charge in [-0.2, -0.15) is 0 Å². The first-order valence-electron chi connectivity index (χ1n) is 10.6. The molecule has 0 fully saturated rings. The maximum atomic E-state index is 4.65. The van der Waals surface area contributed by atoms with E-state index >= 15 is 0 Å². The van der Waals surface area contributed by atoms with E-state index in [4.69, 9.17) is 0 Å². The smallest absolute Gasteiger partial charge is 0.0702 e. The van der Waals surface area contributed by atoms with E-state index in [0.29, 0.717) is 0 Å². The molecule has 2 aliphatic carbocycles. The monoisotopic (exact) mass is 409 g/mol. The van der Waals surface area contributed by atoms with Crippen LogP contribution in [0.4, 0.5) is 0 Å². The van der Waals surface area contributed by atoms with E-state index in [1.54, 1.807) is 0 Å². The summed E-state index contributed by atoms with van der Waals surface area (Å²) in [5.41, 5.74) is 10.4. The van der Waals surface area contributed by atoms with E-state index < -0.39 is 0 Å². The van der Waals surface area contributed by atoms with Gasteiger partial charge in [-0.3, -0.25) is 15.0 Å². The highest BCUT2D eigenvalue weighted by Gasteiger charge is 2.17. The fourth-order valence-corrected chi connectivity index (χ4v) is 4.31. The average Bonchev–Trinajstić information content (AvgIpc) is 3.09. The minimum Gasteiger partial charge on any atom is -0.265 e. The summed E-state index contributed by atoms with van der Waals surface area (Å²) in [6, 6.07) is 29.8. The summed E-state index contributed by atoms with van der Waals surface area (Å²) in [5.74, 6) is 0. The van der Waals surface area contributed by atoms with Gasteiger partial charge >= 0.3 is 0 Å². The molecule has 150 valence electrons. The SMILES string of the molecule is c1ccc2ncc(-c3ccc4c(-c5ccncc5)cc(-c5ccncc5)c-4cc3)cc2c1. The molecule has 0 saturated heterocycles. The molecule has 32 heavy (non-hydrogen) atoms. The van der Waals surface area contributed by atoms with Crippen LogP contribution in [0, 0.1) is 0 Å². The fourth-order valence-electron chi connectivity index (χ4n) is 4.31. The third-order valence-electron chi connectivity index (χ3n) is 5.92. The van der Waals surface area contributed by atoms with Gasteiger partial charge < -0.3 is 0 Å². The maximum absolute atomic E-state index is 4.65. The Kier molecular flexibility index (Phi) is 4.43. The van der Waals surface area contributed by atoms with Crippen molar-refractivity contribution in [3.05, 3.63) is 116 Å². The van der Waals surface area contributed by atoms with Crippen molar-refractivity contribution in [3.8, 4) is 44.5 Å². The zero-order valence-corrected chi connectivity index (χ0v) is 17.3. The molecule has 0 radical (unpaired) electrons. The van der Waals surface area contributed by atoms with Crippen LogP contribution in [0.2, 0.25) is 0 Å². The molecular formula is C29H19N3. The second-order valence-electron chi connectivity index (χ2n) is 7.81. The van der Waals surface area contributed by atoms with Crippen molar-refractivity contribution in [1.29, 1.82) is 0 Å². The molecule has 0 N–H and O–H groups in total. The highest BCUT2D eigenvalue weighted by atomic mass is 14.6. The predicted octanol–water partition coefficient (Wildman–Crippen LogP) is 7.13. The number of nitrogens with zero attached hydrogens (tertiary/aromatic N) is 3. The van der Waals surface area contributed by atoms with Crippen molar-refractivity contribution in [3.63, 3.8) is 0 Å². The van der Waals surface area contributed by atoms with Gasteiger partial charge in [0.15, 0.2) is 0 Å². The van der Waals surface area contributed by atoms with Gasteiger partial charge in [0.05, 0.1) is 5.52 Å². The minimum atomic E-state index is 1.01. The third kappa shape index (κ3) is 3.21. The molecule has 0 aliphatic heterocycles. The second-order valence-corrected chi connectivity index (χ2v) is 7.81. The number of rotatable bonds is 3. The number of hydrogen-bond donors (Lipinski definition) is 0. The highest BCUT2D eigenvalue weighted by Crippen LogP contribution is 2.43. The first-order chi connectivity index (χ1) is 15.9. The Balaban J connectivity index is 1.57. The Morgan fingerprint density at radius 2 is 1.03 bits per heavy atom. The Morgan fingerprint density at radius 1 is 0.438 bits per heavy atom. The summed E-state index contributed by atoms with van der Waals surface area (Å²) in [4.78, 5) is 13.0. The Labute approximate surface area is 186 Å². The van der Waals surface area contributed by atoms with Crippen LogP contribution in [-0.2, 0) is 0 Å². The first kappa shape index (κ1) is 18.4. The van der Waals surface area contributed by atoms with Gasteiger partial charge in [-0.25, -0.2) is 0 Å². The van der Waals surface area contributed by atoms with Crippen LogP contribution < -0.4 is 0 Å². The number of fused-ring (bicyclic) bond motifs is 2. The highest BCUT2D eigenvalue weighted by molar-refractivity contribution is 5.98. The van der Waals surface area contributed by atoms with Gasteiger partial charge in [-0.15, -0.1) is 0 Å². The van der Waals surface area contributed by atoms with E-state index in [0.717, 1.165) is 33.2 Å². The van der Waals surface area contributed by atoms with Crippen molar-refractivity contribution in [2.45, 2.75) is 0 Å². The van der Waals surface area contributed by atoms with Crippen molar-refractivity contribution in [2.75, 3.05) is 0 Å². The molecule has 6 rings (SSSR count). The van der Waals surface area contributed by atoms with Crippen LogP contribution in [0.3, 0.4) is 0 Å². The molecule has 3 nitrogen and oxygen atoms in total. The number of pyridine rings is 3. The summed E-state index contributed by atoms with van der Waals surface area (Å²) in [6.45, 7) is 0. The van der Waals surface area contributed by atoms with Crippen LogP contribution in [0.25, 0.3) is 55.4 Å². The molecule has 3 heterocycles. The lowest BCUT2D eigenvalue weighted by molar-refractivity contribution is 1.33. The van der Waals surface area contributed by atoms with Crippen LogP contribution in [-0.4, -0.2) is 15.0 Å². The maximum Gasteiger partial charge on any atom is 0.0702 e. The Hall–Kier alpha value is -4.37. The second kappa shape index (κ2) is 7.71. The number of hydrogen-bond acceptors (Lipinski definition) is 3. The van der Waals surface area contributed by atoms with Gasteiger partial charge in [-0.05, 0) is 81.4 Å². The number of aromatic nitrogens is 3. The summed E-state index contributed by atoms with van der Waals surface area (Å²) >= 11 is 0. The lowest BCUT2D eigenvalue weighted by atomic mass is 10.0. The first-order valence-corrected chi connectivity index (χ1v) is 10.6. The molecule has 0 amide bonds. The van der Waals surface area contributed by atoms with Crippen molar-refractivity contribution >= 4 is 10.9 Å². The van der Waals surface area contributed by atoms with Gasteiger partial charge in [0.1, 0.15) is 0 Å². The number of benzene rings is 1. The Bertz CT molecular complexity index is 1430. The molecule has 4 aromatic rings. The molecule has 0 bridgehead atoms. The minimum absolute atomic E-state index is 1.01. The fraction of sp³-hybridized carbons (Fsp3) is 0. The van der Waals surface area contributed by atoms with Gasteiger partial charge in [0, 0.05) is 41.9 Å². The molecule has 0 atom stereocenters. The van der Waals surface area contributed by atoms with Gasteiger partial charge in [0.2, 0.25) is 0 Å². The largest absolute Gasteiger partial charge is 0.265 e. The molecular weight excluding hydrogens is 390 g/mol. The normalized spacial score (nSPS) is 11.1. The topological polar surface area (TPSA) is 38.7 Å². The van der Waals surface area contributed by atoms with Crippen molar-refractivity contribution < 1.29 is 0 Å². The lowest BCUT2D eigenvalue weighted by Crippen LogP contribution is -1.81. The predicted molar refractivity (Wildman–Crippen MR) is 130 cm³/mol. The molecule has 0 saturated carbocycles. The Morgan fingerprint density at radius 3 is 1.66 bits per heavy atom. The zero-order chi connectivity index (χ0) is 21.3. The van der Waals surface area contributed by atoms with Crippen LogP contribution in [0.15, 0.2) is 116 Å². The van der Waals surface area contributed by atoms with Crippen molar-refractivity contribution in [2.24, 2.45) is 0 Å². The zero-order valence-electron chi connectivity index (χ0n) is 17.3. The molecule has 3 heteroatoms. The number of para-hydroxylation sites is 1. The van der Waals surface area contributed by atoms with Crippen LogP contribution in [0.5, 0.6) is 0 Å². The third-order valence-corrected chi connectivity index (χ3v) is 5.92. The van der Waals surface area contributed by atoms with Crippen LogP contribution in [0.1, 0.15) is 0 Å².